The summed E-state index contributed by atoms with van der Waals surface area (Å²) < 4.78 is 6.18. The van der Waals surface area contributed by atoms with E-state index in [1.165, 1.54) is 0 Å². The van der Waals surface area contributed by atoms with E-state index in [-0.39, 0.29) is 16.6 Å². The number of hydrogen-bond acceptors (Lipinski definition) is 3. The molecule has 0 saturated carbocycles. The number of esters is 1. The van der Waals surface area contributed by atoms with Gasteiger partial charge in [0, 0.05) is 16.7 Å². The maximum absolute atomic E-state index is 13.6. The fourth-order valence-corrected chi connectivity index (χ4v) is 3.99. The minimum absolute atomic E-state index is 0.0599. The summed E-state index contributed by atoms with van der Waals surface area (Å²) >= 11 is 0. The molecule has 32 heavy (non-hydrogen) atoms. The zero-order valence-electron chi connectivity index (χ0n) is 20.5. The Bertz CT molecular complexity index is 1120. The van der Waals surface area contributed by atoms with E-state index in [9.17, 15) is 9.90 Å². The second kappa shape index (κ2) is 8.46. The number of aryl methyl sites for hydroxylation is 2. The number of rotatable bonds is 3. The van der Waals surface area contributed by atoms with Gasteiger partial charge in [-0.05, 0) is 47.9 Å². The van der Waals surface area contributed by atoms with E-state index in [0.29, 0.717) is 16.9 Å². The standard InChI is InChI=1S/C29H34O3/c1-18-16-22(28(3,4)5)26(23(17-18)29(6,7)8)32-27(31)21-14-11-15-24(30)25(21)20-13-10-9-12-19(20)2/h9-17,30H,1-8H3. The number of carbonyl (C=O) groups is 1. The summed E-state index contributed by atoms with van der Waals surface area (Å²) in [7, 11) is 0. The van der Waals surface area contributed by atoms with E-state index >= 15 is 0 Å². The molecule has 3 aromatic carbocycles. The van der Waals surface area contributed by atoms with Gasteiger partial charge in [0.05, 0.1) is 5.56 Å². The Morgan fingerprint density at radius 1 is 0.812 bits per heavy atom. The minimum Gasteiger partial charge on any atom is -0.507 e. The van der Waals surface area contributed by atoms with Gasteiger partial charge >= 0.3 is 5.97 Å². The fraction of sp³-hybridized carbons (Fsp3) is 0.345. The Morgan fingerprint density at radius 3 is 1.91 bits per heavy atom. The van der Waals surface area contributed by atoms with Crippen LogP contribution in [0, 0.1) is 13.8 Å². The molecule has 168 valence electrons. The predicted molar refractivity (Wildman–Crippen MR) is 132 cm³/mol. The van der Waals surface area contributed by atoms with Gasteiger partial charge < -0.3 is 9.84 Å². The molecule has 0 spiro atoms. The van der Waals surface area contributed by atoms with E-state index in [4.69, 9.17) is 4.74 Å². The van der Waals surface area contributed by atoms with Gasteiger partial charge in [-0.2, -0.15) is 0 Å². The SMILES string of the molecule is Cc1cc(C(C)(C)C)c(OC(=O)c2cccc(O)c2-c2ccccc2C)c(C(C)(C)C)c1. The fourth-order valence-electron chi connectivity index (χ4n) is 3.99. The Morgan fingerprint density at radius 2 is 1.38 bits per heavy atom. The first-order valence-corrected chi connectivity index (χ1v) is 11.1. The van der Waals surface area contributed by atoms with E-state index in [0.717, 1.165) is 27.8 Å². The van der Waals surface area contributed by atoms with Gasteiger partial charge in [-0.15, -0.1) is 0 Å². The van der Waals surface area contributed by atoms with Crippen LogP contribution >= 0.6 is 0 Å². The molecule has 0 atom stereocenters. The molecule has 0 fully saturated rings. The maximum atomic E-state index is 13.6. The summed E-state index contributed by atoms with van der Waals surface area (Å²) in [4.78, 5) is 13.6. The molecule has 1 N–H and O–H groups in total. The molecule has 0 amide bonds. The molecule has 0 bridgehead atoms. The first-order valence-electron chi connectivity index (χ1n) is 11.1. The van der Waals surface area contributed by atoms with Crippen molar-refractivity contribution < 1.29 is 14.6 Å². The Labute approximate surface area is 192 Å². The normalized spacial score (nSPS) is 12.0. The van der Waals surface area contributed by atoms with Crippen molar-refractivity contribution >= 4 is 5.97 Å². The average molecular weight is 431 g/mol. The number of aromatic hydroxyl groups is 1. The molecule has 3 nitrogen and oxygen atoms in total. The van der Waals surface area contributed by atoms with Crippen LogP contribution in [0.1, 0.15) is 74.2 Å². The molecular formula is C29H34O3. The molecule has 3 heteroatoms. The molecule has 0 unspecified atom stereocenters. The zero-order chi connectivity index (χ0) is 23.8. The number of phenols is 1. The van der Waals surface area contributed by atoms with Crippen molar-refractivity contribution in [2.75, 3.05) is 0 Å². The largest absolute Gasteiger partial charge is 0.507 e. The van der Waals surface area contributed by atoms with Gasteiger partial charge in [0.15, 0.2) is 0 Å². The molecule has 0 aliphatic carbocycles. The molecule has 0 radical (unpaired) electrons. The van der Waals surface area contributed by atoms with Crippen molar-refractivity contribution in [1.29, 1.82) is 0 Å². The lowest BCUT2D eigenvalue weighted by atomic mass is 9.78. The summed E-state index contributed by atoms with van der Waals surface area (Å²) in [6.45, 7) is 16.8. The molecule has 0 aromatic heterocycles. The van der Waals surface area contributed by atoms with E-state index in [2.05, 4.69) is 60.6 Å². The summed E-state index contributed by atoms with van der Waals surface area (Å²) in [5.74, 6) is 0.198. The van der Waals surface area contributed by atoms with Crippen molar-refractivity contribution in [3.05, 3.63) is 82.4 Å². The van der Waals surface area contributed by atoms with Gasteiger partial charge in [0.25, 0.3) is 0 Å². The van der Waals surface area contributed by atoms with Crippen molar-refractivity contribution in [2.45, 2.75) is 66.2 Å². The lowest BCUT2D eigenvalue weighted by molar-refractivity contribution is 0.0729. The minimum atomic E-state index is -0.473. The topological polar surface area (TPSA) is 46.5 Å². The lowest BCUT2D eigenvalue weighted by Crippen LogP contribution is -2.22. The van der Waals surface area contributed by atoms with E-state index < -0.39 is 5.97 Å². The lowest BCUT2D eigenvalue weighted by Gasteiger charge is -2.30. The number of benzene rings is 3. The molecule has 0 aliphatic rings. The Balaban J connectivity index is 2.20. The maximum Gasteiger partial charge on any atom is 0.344 e. The molecule has 0 saturated heterocycles. The summed E-state index contributed by atoms with van der Waals surface area (Å²) in [5, 5.41) is 10.7. The molecule has 3 aromatic rings. The number of carbonyl (C=O) groups excluding carboxylic acids is 1. The highest BCUT2D eigenvalue weighted by Gasteiger charge is 2.30. The predicted octanol–water partition coefficient (Wildman–Crippen LogP) is 7.49. The number of ether oxygens (including phenoxy) is 1. The number of phenolic OH excluding ortho intramolecular Hbond substituents is 1. The molecular weight excluding hydrogens is 396 g/mol. The van der Waals surface area contributed by atoms with Crippen molar-refractivity contribution in [3.8, 4) is 22.6 Å². The van der Waals surface area contributed by atoms with Gasteiger partial charge in [-0.1, -0.05) is 89.6 Å². The summed E-state index contributed by atoms with van der Waals surface area (Å²) in [6, 6.07) is 16.9. The second-order valence-electron chi connectivity index (χ2n) is 10.6. The molecule has 3 rings (SSSR count). The quantitative estimate of drug-likeness (QED) is 0.346. The van der Waals surface area contributed by atoms with Gasteiger partial charge in [0.1, 0.15) is 11.5 Å². The zero-order valence-corrected chi connectivity index (χ0v) is 20.5. The highest BCUT2D eigenvalue weighted by molar-refractivity contribution is 6.00. The summed E-state index contributed by atoms with van der Waals surface area (Å²) in [6.07, 6.45) is 0. The van der Waals surface area contributed by atoms with Gasteiger partial charge in [0.2, 0.25) is 0 Å². The second-order valence-corrected chi connectivity index (χ2v) is 10.6. The van der Waals surface area contributed by atoms with Crippen LogP contribution in [0.3, 0.4) is 0 Å². The number of hydrogen-bond donors (Lipinski definition) is 1. The Kier molecular flexibility index (Phi) is 6.24. The van der Waals surface area contributed by atoms with Crippen LogP contribution in [0.15, 0.2) is 54.6 Å². The van der Waals surface area contributed by atoms with Crippen LogP contribution in [0.25, 0.3) is 11.1 Å². The van der Waals surface area contributed by atoms with Crippen molar-refractivity contribution in [1.82, 2.24) is 0 Å². The summed E-state index contributed by atoms with van der Waals surface area (Å²) in [5.41, 5.74) is 5.34. The Hall–Kier alpha value is -3.07. The van der Waals surface area contributed by atoms with Crippen LogP contribution in [0.2, 0.25) is 0 Å². The third kappa shape index (κ3) is 4.72. The highest BCUT2D eigenvalue weighted by Crippen LogP contribution is 2.42. The van der Waals surface area contributed by atoms with Crippen LogP contribution < -0.4 is 4.74 Å². The van der Waals surface area contributed by atoms with Crippen LogP contribution in [-0.2, 0) is 10.8 Å². The van der Waals surface area contributed by atoms with Gasteiger partial charge in [-0.25, -0.2) is 4.79 Å². The smallest absolute Gasteiger partial charge is 0.344 e. The van der Waals surface area contributed by atoms with Crippen LogP contribution in [0.4, 0.5) is 0 Å². The van der Waals surface area contributed by atoms with Crippen molar-refractivity contribution in [3.63, 3.8) is 0 Å². The van der Waals surface area contributed by atoms with Gasteiger partial charge in [-0.3, -0.25) is 0 Å². The van der Waals surface area contributed by atoms with E-state index in [1.807, 2.05) is 31.2 Å². The molecule has 0 heterocycles. The third-order valence-corrected chi connectivity index (χ3v) is 5.72. The first kappa shape index (κ1) is 23.6. The third-order valence-electron chi connectivity index (χ3n) is 5.72. The molecule has 0 aliphatic heterocycles. The van der Waals surface area contributed by atoms with E-state index in [1.54, 1.807) is 18.2 Å². The van der Waals surface area contributed by atoms with Crippen LogP contribution in [-0.4, -0.2) is 11.1 Å². The first-order chi connectivity index (χ1) is 14.8. The average Bonchev–Trinajstić information content (AvgIpc) is 2.68. The van der Waals surface area contributed by atoms with Crippen molar-refractivity contribution in [2.24, 2.45) is 0 Å². The van der Waals surface area contributed by atoms with Crippen LogP contribution in [0.5, 0.6) is 11.5 Å². The monoisotopic (exact) mass is 430 g/mol. The highest BCUT2D eigenvalue weighted by atomic mass is 16.5.